The van der Waals surface area contributed by atoms with E-state index in [-0.39, 0.29) is 6.42 Å². The molecule has 0 saturated heterocycles. The van der Waals surface area contributed by atoms with Crippen LogP contribution in [0.5, 0.6) is 0 Å². The molecule has 146 valence electrons. The Morgan fingerprint density at radius 2 is 1.63 bits per heavy atom. The second-order valence-corrected chi connectivity index (χ2v) is 9.04. The van der Waals surface area contributed by atoms with Crippen molar-refractivity contribution in [3.63, 3.8) is 0 Å². The van der Waals surface area contributed by atoms with Crippen LogP contribution in [0.15, 0.2) is 36.4 Å². The van der Waals surface area contributed by atoms with Gasteiger partial charge in [0.25, 0.3) is 0 Å². The highest BCUT2D eigenvalue weighted by atomic mass is 35.5. The molecule has 1 unspecified atom stereocenters. The van der Waals surface area contributed by atoms with Crippen LogP contribution in [0.2, 0.25) is 10.0 Å². The van der Waals surface area contributed by atoms with E-state index in [0.29, 0.717) is 21.4 Å². The molecule has 0 bridgehead atoms. The van der Waals surface area contributed by atoms with Gasteiger partial charge < -0.3 is 5.32 Å². The van der Waals surface area contributed by atoms with Gasteiger partial charge in [0.1, 0.15) is 6.04 Å². The molecule has 5 nitrogen and oxygen atoms in total. The van der Waals surface area contributed by atoms with Gasteiger partial charge in [-0.2, -0.15) is 0 Å². The van der Waals surface area contributed by atoms with Crippen molar-refractivity contribution in [2.24, 2.45) is 0 Å². The number of aryl methyl sites for hydroxylation is 2. The van der Waals surface area contributed by atoms with E-state index in [1.54, 1.807) is 43.3 Å². The predicted molar refractivity (Wildman–Crippen MR) is 112 cm³/mol. The molecular formula is C19H22Cl2N2O3S. The Hall–Kier alpha value is -1.76. The molecule has 1 atom stereocenters. The molecule has 2 aromatic rings. The molecule has 27 heavy (non-hydrogen) atoms. The number of carbonyl (C=O) groups is 1. The van der Waals surface area contributed by atoms with Gasteiger partial charge in [0, 0.05) is 15.7 Å². The lowest BCUT2D eigenvalue weighted by atomic mass is 10.1. The van der Waals surface area contributed by atoms with Crippen LogP contribution in [0.4, 0.5) is 11.4 Å². The summed E-state index contributed by atoms with van der Waals surface area (Å²) >= 11 is 12.3. The minimum atomic E-state index is -3.72. The molecule has 0 aromatic heterocycles. The number of halogens is 2. The zero-order chi connectivity index (χ0) is 20.4. The van der Waals surface area contributed by atoms with Gasteiger partial charge in [-0.25, -0.2) is 8.42 Å². The Balaban J connectivity index is 2.40. The Morgan fingerprint density at radius 1 is 1.07 bits per heavy atom. The molecule has 1 amide bonds. The van der Waals surface area contributed by atoms with Crippen LogP contribution in [0.3, 0.4) is 0 Å². The summed E-state index contributed by atoms with van der Waals surface area (Å²) in [6.45, 7) is 5.43. The number of amides is 1. The van der Waals surface area contributed by atoms with E-state index in [9.17, 15) is 13.2 Å². The second-order valence-electron chi connectivity index (χ2n) is 6.37. The van der Waals surface area contributed by atoms with Crippen LogP contribution >= 0.6 is 23.2 Å². The number of anilines is 2. The summed E-state index contributed by atoms with van der Waals surface area (Å²) in [5, 5.41) is 3.70. The summed E-state index contributed by atoms with van der Waals surface area (Å²) in [5.41, 5.74) is 2.55. The molecule has 2 rings (SSSR count). The summed E-state index contributed by atoms with van der Waals surface area (Å²) in [7, 11) is -3.72. The van der Waals surface area contributed by atoms with Gasteiger partial charge in [0.15, 0.2) is 0 Å². The van der Waals surface area contributed by atoms with Gasteiger partial charge in [-0.05, 0) is 55.7 Å². The highest BCUT2D eigenvalue weighted by Crippen LogP contribution is 2.28. The van der Waals surface area contributed by atoms with Gasteiger partial charge in [0.05, 0.1) is 11.9 Å². The van der Waals surface area contributed by atoms with Crippen molar-refractivity contribution in [1.29, 1.82) is 0 Å². The molecule has 0 spiro atoms. The van der Waals surface area contributed by atoms with Crippen LogP contribution in [0, 0.1) is 13.8 Å². The Labute approximate surface area is 170 Å². The van der Waals surface area contributed by atoms with Gasteiger partial charge in [-0.3, -0.25) is 9.10 Å². The van der Waals surface area contributed by atoms with E-state index >= 15 is 0 Å². The number of benzene rings is 2. The highest BCUT2D eigenvalue weighted by Gasteiger charge is 2.31. The molecule has 0 radical (unpaired) electrons. The van der Waals surface area contributed by atoms with Crippen LogP contribution in [0.25, 0.3) is 0 Å². The summed E-state index contributed by atoms with van der Waals surface area (Å²) in [6.07, 6.45) is 1.35. The smallest absolute Gasteiger partial charge is 0.248 e. The maximum atomic E-state index is 12.9. The third-order valence-electron chi connectivity index (χ3n) is 4.18. The zero-order valence-corrected chi connectivity index (χ0v) is 17.9. The number of carbonyl (C=O) groups excluding carboxylic acids is 1. The van der Waals surface area contributed by atoms with E-state index in [1.165, 1.54) is 0 Å². The third-order valence-corrected chi connectivity index (χ3v) is 6.17. The van der Waals surface area contributed by atoms with Crippen LogP contribution in [-0.2, 0) is 14.8 Å². The topological polar surface area (TPSA) is 66.5 Å². The van der Waals surface area contributed by atoms with Crippen LogP contribution < -0.4 is 9.62 Å². The van der Waals surface area contributed by atoms with Crippen molar-refractivity contribution in [2.45, 2.75) is 33.2 Å². The molecule has 0 aliphatic carbocycles. The SMILES string of the molecule is CCC(C(=O)Nc1ccc(C)c(Cl)c1)N(c1ccc(C)c(Cl)c1)S(C)(=O)=O. The Bertz CT molecular complexity index is 961. The van der Waals surface area contributed by atoms with Crippen molar-refractivity contribution < 1.29 is 13.2 Å². The quantitative estimate of drug-likeness (QED) is 0.718. The minimum Gasteiger partial charge on any atom is -0.324 e. The average Bonchev–Trinajstić information content (AvgIpc) is 2.57. The van der Waals surface area contributed by atoms with Crippen molar-refractivity contribution in [1.82, 2.24) is 0 Å². The lowest BCUT2D eigenvalue weighted by Gasteiger charge is -2.30. The van der Waals surface area contributed by atoms with E-state index in [1.807, 2.05) is 13.8 Å². The first-order valence-corrected chi connectivity index (χ1v) is 11.0. The van der Waals surface area contributed by atoms with Crippen LogP contribution in [-0.4, -0.2) is 26.6 Å². The van der Waals surface area contributed by atoms with Crippen molar-refractivity contribution in [3.05, 3.63) is 57.6 Å². The normalized spacial score (nSPS) is 12.5. The monoisotopic (exact) mass is 428 g/mol. The fraction of sp³-hybridized carbons (Fsp3) is 0.316. The number of rotatable bonds is 6. The number of hydrogen-bond acceptors (Lipinski definition) is 3. The number of nitrogens with zero attached hydrogens (tertiary/aromatic N) is 1. The number of sulfonamides is 1. The molecule has 0 aliphatic heterocycles. The second kappa shape index (κ2) is 8.50. The van der Waals surface area contributed by atoms with E-state index < -0.39 is 22.0 Å². The summed E-state index contributed by atoms with van der Waals surface area (Å²) < 4.78 is 26.0. The summed E-state index contributed by atoms with van der Waals surface area (Å²) in [6, 6.07) is 9.12. The fourth-order valence-corrected chi connectivity index (χ4v) is 4.23. The largest absolute Gasteiger partial charge is 0.324 e. The molecule has 0 heterocycles. The molecule has 8 heteroatoms. The maximum absolute atomic E-state index is 12.9. The van der Waals surface area contributed by atoms with Crippen molar-refractivity contribution in [2.75, 3.05) is 15.9 Å². The maximum Gasteiger partial charge on any atom is 0.248 e. The number of hydrogen-bond donors (Lipinski definition) is 1. The average molecular weight is 429 g/mol. The van der Waals surface area contributed by atoms with E-state index in [2.05, 4.69) is 5.32 Å². The molecule has 1 N–H and O–H groups in total. The lowest BCUT2D eigenvalue weighted by Crippen LogP contribution is -2.47. The first-order valence-electron chi connectivity index (χ1n) is 8.37. The van der Waals surface area contributed by atoms with E-state index in [4.69, 9.17) is 23.2 Å². The molecule has 0 aliphatic rings. The first-order chi connectivity index (χ1) is 12.5. The molecule has 0 saturated carbocycles. The molecule has 2 aromatic carbocycles. The zero-order valence-electron chi connectivity index (χ0n) is 15.6. The summed E-state index contributed by atoms with van der Waals surface area (Å²) in [4.78, 5) is 12.9. The standard InChI is InChI=1S/C19H22Cl2N2O3S/c1-5-18(19(24)22-14-8-6-12(2)16(20)10-14)23(27(4,25)26)15-9-7-13(3)17(21)11-15/h6-11,18H,5H2,1-4H3,(H,22,24). The molecule has 0 fully saturated rings. The van der Waals surface area contributed by atoms with E-state index in [0.717, 1.165) is 21.7 Å². The lowest BCUT2D eigenvalue weighted by molar-refractivity contribution is -0.117. The molecular weight excluding hydrogens is 407 g/mol. The van der Waals surface area contributed by atoms with Crippen molar-refractivity contribution >= 4 is 50.5 Å². The highest BCUT2D eigenvalue weighted by molar-refractivity contribution is 7.92. The predicted octanol–water partition coefficient (Wildman–Crippen LogP) is 4.79. The number of nitrogens with one attached hydrogen (secondary N) is 1. The minimum absolute atomic E-state index is 0.282. The Kier molecular flexibility index (Phi) is 6.78. The van der Waals surface area contributed by atoms with Crippen LogP contribution in [0.1, 0.15) is 24.5 Å². The third kappa shape index (κ3) is 5.15. The van der Waals surface area contributed by atoms with Gasteiger partial charge in [0.2, 0.25) is 15.9 Å². The van der Waals surface area contributed by atoms with Gasteiger partial charge in [-0.15, -0.1) is 0 Å². The van der Waals surface area contributed by atoms with Crippen molar-refractivity contribution in [3.8, 4) is 0 Å². The van der Waals surface area contributed by atoms with Gasteiger partial charge in [-0.1, -0.05) is 42.3 Å². The van der Waals surface area contributed by atoms with Gasteiger partial charge >= 0.3 is 0 Å². The fourth-order valence-electron chi connectivity index (χ4n) is 2.68. The Morgan fingerprint density at radius 3 is 2.11 bits per heavy atom. The summed E-state index contributed by atoms with van der Waals surface area (Å²) in [5.74, 6) is -0.445. The first kappa shape index (κ1) is 21.5.